The van der Waals surface area contributed by atoms with Crippen molar-refractivity contribution < 1.29 is 9.63 Å². The Kier molecular flexibility index (Phi) is 5.63. The van der Waals surface area contributed by atoms with Gasteiger partial charge in [0.25, 0.3) is 0 Å². The largest absolute Gasteiger partial charge is 0.392 e. The molecular formula is C24H31N5O2. The van der Waals surface area contributed by atoms with Crippen LogP contribution in [0.2, 0.25) is 0 Å². The molecule has 0 unspecified atom stereocenters. The van der Waals surface area contributed by atoms with Crippen LogP contribution >= 0.6 is 0 Å². The minimum Gasteiger partial charge on any atom is -0.392 e. The van der Waals surface area contributed by atoms with Gasteiger partial charge in [0.2, 0.25) is 11.7 Å². The fourth-order valence-electron chi connectivity index (χ4n) is 5.12. The van der Waals surface area contributed by atoms with Gasteiger partial charge in [-0.05, 0) is 44.2 Å². The lowest BCUT2D eigenvalue weighted by Crippen LogP contribution is -2.51. The maximum atomic E-state index is 10.3. The number of hydrogen-bond acceptors (Lipinski definition) is 7. The summed E-state index contributed by atoms with van der Waals surface area (Å²) >= 11 is 0. The van der Waals surface area contributed by atoms with Crippen molar-refractivity contribution >= 4 is 16.7 Å². The summed E-state index contributed by atoms with van der Waals surface area (Å²) in [5, 5.41) is 19.4. The van der Waals surface area contributed by atoms with Crippen molar-refractivity contribution in [3.8, 4) is 11.4 Å². The number of piperidine rings is 1. The second-order valence-electron chi connectivity index (χ2n) is 8.98. The second-order valence-corrected chi connectivity index (χ2v) is 8.98. The van der Waals surface area contributed by atoms with E-state index in [0.29, 0.717) is 17.8 Å². The highest BCUT2D eigenvalue weighted by Gasteiger charge is 2.29. The van der Waals surface area contributed by atoms with Gasteiger partial charge in [-0.1, -0.05) is 36.2 Å². The van der Waals surface area contributed by atoms with Gasteiger partial charge in [-0.15, -0.1) is 0 Å². The number of aromatic nitrogens is 3. The van der Waals surface area contributed by atoms with Crippen molar-refractivity contribution in [3.05, 3.63) is 35.7 Å². The van der Waals surface area contributed by atoms with Gasteiger partial charge in [0.1, 0.15) is 5.82 Å². The number of aliphatic hydroxyl groups is 1. The standard InChI is InChI=1S/C24H31N5O2/c1-15-18-7-3-4-8-19(18)27-24(22(15)23-25-16(2)31-28-23)29-13-11-17(12-14-29)26-20-9-5-6-10-21(20)30/h3-4,7-8,17,20-21,26,30H,5-6,9-14H2,1-2H3/t20-,21-/m0/s1. The average Bonchev–Trinajstić information content (AvgIpc) is 3.21. The van der Waals surface area contributed by atoms with E-state index in [-0.39, 0.29) is 12.1 Å². The highest BCUT2D eigenvalue weighted by molar-refractivity contribution is 5.92. The summed E-state index contributed by atoms with van der Waals surface area (Å²) in [7, 11) is 0. The molecule has 0 radical (unpaired) electrons. The van der Waals surface area contributed by atoms with E-state index in [0.717, 1.165) is 73.0 Å². The number of aliphatic hydroxyl groups excluding tert-OH is 1. The van der Waals surface area contributed by atoms with Crippen LogP contribution in [-0.4, -0.2) is 51.5 Å². The number of aryl methyl sites for hydroxylation is 2. The molecule has 3 heterocycles. The van der Waals surface area contributed by atoms with E-state index < -0.39 is 0 Å². The van der Waals surface area contributed by atoms with Gasteiger partial charge < -0.3 is 19.8 Å². The quantitative estimate of drug-likeness (QED) is 0.663. The Morgan fingerprint density at radius 1 is 1.03 bits per heavy atom. The van der Waals surface area contributed by atoms with E-state index >= 15 is 0 Å². The molecule has 164 valence electrons. The highest BCUT2D eigenvalue weighted by atomic mass is 16.5. The summed E-state index contributed by atoms with van der Waals surface area (Å²) < 4.78 is 5.30. The van der Waals surface area contributed by atoms with Gasteiger partial charge in [0.05, 0.1) is 17.2 Å². The molecule has 2 atom stereocenters. The Morgan fingerprint density at radius 3 is 2.55 bits per heavy atom. The first-order valence-electron chi connectivity index (χ1n) is 11.5. The van der Waals surface area contributed by atoms with Crippen LogP contribution in [0.15, 0.2) is 28.8 Å². The van der Waals surface area contributed by atoms with E-state index in [9.17, 15) is 5.11 Å². The van der Waals surface area contributed by atoms with E-state index in [2.05, 4.69) is 39.4 Å². The molecule has 0 amide bonds. The number of benzene rings is 1. The Morgan fingerprint density at radius 2 is 1.81 bits per heavy atom. The number of pyridine rings is 1. The molecule has 1 aliphatic heterocycles. The number of nitrogens with one attached hydrogen (secondary N) is 1. The third kappa shape index (κ3) is 4.04. The predicted molar refractivity (Wildman–Crippen MR) is 121 cm³/mol. The Balaban J connectivity index is 1.41. The number of anilines is 1. The fourth-order valence-corrected chi connectivity index (χ4v) is 5.12. The summed E-state index contributed by atoms with van der Waals surface area (Å²) in [5.74, 6) is 2.10. The van der Waals surface area contributed by atoms with Crippen molar-refractivity contribution in [2.24, 2.45) is 0 Å². The van der Waals surface area contributed by atoms with Crippen LogP contribution in [0.1, 0.15) is 50.0 Å². The normalized spacial score (nSPS) is 22.9. The molecule has 1 aliphatic carbocycles. The van der Waals surface area contributed by atoms with Gasteiger partial charge >= 0.3 is 0 Å². The van der Waals surface area contributed by atoms with Crippen LogP contribution in [0.4, 0.5) is 5.82 Å². The van der Waals surface area contributed by atoms with Crippen LogP contribution < -0.4 is 10.2 Å². The molecule has 3 aromatic rings. The lowest BCUT2D eigenvalue weighted by atomic mass is 9.91. The summed E-state index contributed by atoms with van der Waals surface area (Å²) in [6, 6.07) is 8.91. The van der Waals surface area contributed by atoms with Gasteiger partial charge in [0.15, 0.2) is 0 Å². The first-order valence-corrected chi connectivity index (χ1v) is 11.5. The van der Waals surface area contributed by atoms with E-state index in [4.69, 9.17) is 9.51 Å². The summed E-state index contributed by atoms with van der Waals surface area (Å²) in [4.78, 5) is 11.9. The summed E-state index contributed by atoms with van der Waals surface area (Å²) in [5.41, 5.74) is 3.08. The minimum atomic E-state index is -0.204. The van der Waals surface area contributed by atoms with Crippen molar-refractivity contribution in [3.63, 3.8) is 0 Å². The zero-order chi connectivity index (χ0) is 21.4. The maximum Gasteiger partial charge on any atom is 0.223 e. The second kappa shape index (κ2) is 8.55. The van der Waals surface area contributed by atoms with Gasteiger partial charge in [-0.2, -0.15) is 4.98 Å². The SMILES string of the molecule is Cc1nc(-c2c(N3CCC(N[C@H]4CCCC[C@@H]4O)CC3)nc3ccccc3c2C)no1. The number of fused-ring (bicyclic) bond motifs is 1. The van der Waals surface area contributed by atoms with Crippen LogP contribution in [0.25, 0.3) is 22.3 Å². The van der Waals surface area contributed by atoms with Crippen molar-refractivity contribution in [2.75, 3.05) is 18.0 Å². The average molecular weight is 422 g/mol. The molecule has 0 bridgehead atoms. The van der Waals surface area contributed by atoms with E-state index in [1.54, 1.807) is 0 Å². The van der Waals surface area contributed by atoms with Crippen LogP contribution in [0.5, 0.6) is 0 Å². The molecule has 0 spiro atoms. The van der Waals surface area contributed by atoms with Crippen LogP contribution in [-0.2, 0) is 0 Å². The number of para-hydroxylation sites is 1. The first kappa shape index (κ1) is 20.4. The Bertz CT molecular complexity index is 1060. The smallest absolute Gasteiger partial charge is 0.223 e. The Hall–Kier alpha value is -2.51. The van der Waals surface area contributed by atoms with E-state index in [1.165, 1.54) is 6.42 Å². The molecule has 7 nitrogen and oxygen atoms in total. The Labute approximate surface area is 182 Å². The topological polar surface area (TPSA) is 87.3 Å². The molecule has 5 rings (SSSR count). The third-order valence-corrected chi connectivity index (χ3v) is 6.86. The number of rotatable bonds is 4. The molecule has 1 saturated carbocycles. The maximum absolute atomic E-state index is 10.3. The number of hydrogen-bond donors (Lipinski definition) is 2. The summed E-state index contributed by atoms with van der Waals surface area (Å²) in [6.45, 7) is 5.76. The molecule has 2 aliphatic rings. The number of nitrogens with zero attached hydrogens (tertiary/aromatic N) is 4. The summed E-state index contributed by atoms with van der Waals surface area (Å²) in [6.07, 6.45) is 6.20. The molecule has 2 N–H and O–H groups in total. The molecule has 2 aromatic heterocycles. The van der Waals surface area contributed by atoms with Gasteiger partial charge in [0, 0.05) is 37.5 Å². The van der Waals surface area contributed by atoms with E-state index in [1.807, 2.05) is 19.1 Å². The van der Waals surface area contributed by atoms with Crippen LogP contribution in [0, 0.1) is 13.8 Å². The molecule has 31 heavy (non-hydrogen) atoms. The molecule has 1 aromatic carbocycles. The lowest BCUT2D eigenvalue weighted by molar-refractivity contribution is 0.0828. The van der Waals surface area contributed by atoms with Crippen molar-refractivity contribution in [1.82, 2.24) is 20.4 Å². The highest BCUT2D eigenvalue weighted by Crippen LogP contribution is 2.36. The predicted octanol–water partition coefficient (Wildman–Crippen LogP) is 3.76. The van der Waals surface area contributed by atoms with Gasteiger partial charge in [-0.25, -0.2) is 4.98 Å². The lowest BCUT2D eigenvalue weighted by Gasteiger charge is -2.38. The van der Waals surface area contributed by atoms with Gasteiger partial charge in [-0.3, -0.25) is 0 Å². The zero-order valence-corrected chi connectivity index (χ0v) is 18.3. The van der Waals surface area contributed by atoms with Crippen molar-refractivity contribution in [2.45, 2.75) is 70.6 Å². The first-order chi connectivity index (χ1) is 15.1. The molecule has 7 heteroatoms. The zero-order valence-electron chi connectivity index (χ0n) is 18.3. The molecule has 1 saturated heterocycles. The monoisotopic (exact) mass is 421 g/mol. The molecule has 2 fully saturated rings. The van der Waals surface area contributed by atoms with Crippen molar-refractivity contribution in [1.29, 1.82) is 0 Å². The minimum absolute atomic E-state index is 0.204. The molecular weight excluding hydrogens is 390 g/mol. The fraction of sp³-hybridized carbons (Fsp3) is 0.542. The van der Waals surface area contributed by atoms with Crippen LogP contribution in [0.3, 0.4) is 0 Å². The third-order valence-electron chi connectivity index (χ3n) is 6.86.